The Morgan fingerprint density at radius 3 is 2.36 bits per heavy atom. The van der Waals surface area contributed by atoms with Gasteiger partial charge in [0.15, 0.2) is 5.60 Å². The third kappa shape index (κ3) is 3.37. The van der Waals surface area contributed by atoms with E-state index < -0.39 is 5.60 Å². The van der Waals surface area contributed by atoms with Crippen LogP contribution in [-0.4, -0.2) is 25.3 Å². The highest BCUT2D eigenvalue weighted by atomic mass is 16.6. The van der Waals surface area contributed by atoms with Crippen molar-refractivity contribution in [1.29, 1.82) is 0 Å². The number of rotatable bonds is 4. The molecule has 0 atom stereocenters. The number of ether oxygens (including phenoxy) is 2. The van der Waals surface area contributed by atoms with Crippen molar-refractivity contribution in [3.05, 3.63) is 0 Å². The molecule has 0 unspecified atom stereocenters. The number of carbonyl (C=O) groups is 1. The molecule has 0 aromatic rings. The zero-order valence-corrected chi connectivity index (χ0v) is 7.64. The summed E-state index contributed by atoms with van der Waals surface area (Å²) in [5.41, 5.74) is -0.810. The van der Waals surface area contributed by atoms with Crippen LogP contribution >= 0.6 is 0 Å². The first-order chi connectivity index (χ1) is 5.04. The summed E-state index contributed by atoms with van der Waals surface area (Å²) < 4.78 is 9.80. The molecular formula is C8H16O3. The summed E-state index contributed by atoms with van der Waals surface area (Å²) in [6.07, 6.45) is 0.839. The Morgan fingerprint density at radius 1 is 1.45 bits per heavy atom. The fraction of sp³-hybridized carbons (Fsp3) is 0.875. The molecule has 0 aliphatic carbocycles. The zero-order valence-electron chi connectivity index (χ0n) is 7.64. The highest BCUT2D eigenvalue weighted by Crippen LogP contribution is 2.09. The predicted molar refractivity (Wildman–Crippen MR) is 42.3 cm³/mol. The Bertz CT molecular complexity index is 129. The second-order valence-electron chi connectivity index (χ2n) is 2.85. The summed E-state index contributed by atoms with van der Waals surface area (Å²) in [7, 11) is 1.49. The van der Waals surface area contributed by atoms with E-state index in [2.05, 4.69) is 0 Å². The van der Waals surface area contributed by atoms with Crippen molar-refractivity contribution in [3.8, 4) is 0 Å². The van der Waals surface area contributed by atoms with Crippen molar-refractivity contribution in [2.75, 3.05) is 13.7 Å². The van der Waals surface area contributed by atoms with Crippen molar-refractivity contribution in [3.63, 3.8) is 0 Å². The van der Waals surface area contributed by atoms with Crippen LogP contribution in [0.15, 0.2) is 0 Å². The van der Waals surface area contributed by atoms with Gasteiger partial charge in [0.05, 0.1) is 6.61 Å². The first-order valence-corrected chi connectivity index (χ1v) is 3.77. The van der Waals surface area contributed by atoms with E-state index in [0.717, 1.165) is 6.42 Å². The third-order valence-electron chi connectivity index (χ3n) is 1.44. The van der Waals surface area contributed by atoms with Crippen molar-refractivity contribution in [1.82, 2.24) is 0 Å². The Balaban J connectivity index is 3.82. The molecular weight excluding hydrogens is 144 g/mol. The van der Waals surface area contributed by atoms with Gasteiger partial charge in [-0.15, -0.1) is 0 Å². The minimum Gasteiger partial charge on any atom is -0.464 e. The second-order valence-corrected chi connectivity index (χ2v) is 2.85. The zero-order chi connectivity index (χ0) is 8.91. The molecule has 0 radical (unpaired) electrons. The third-order valence-corrected chi connectivity index (χ3v) is 1.44. The standard InChI is InChI=1S/C8H16O3/c1-5-6-11-7(9)8(2,3)10-4/h5-6H2,1-4H3. The second kappa shape index (κ2) is 4.34. The molecule has 0 aliphatic heterocycles. The van der Waals surface area contributed by atoms with Gasteiger partial charge in [-0.2, -0.15) is 0 Å². The highest BCUT2D eigenvalue weighted by Gasteiger charge is 2.28. The van der Waals surface area contributed by atoms with Crippen LogP contribution in [0.3, 0.4) is 0 Å². The Kier molecular flexibility index (Phi) is 4.11. The van der Waals surface area contributed by atoms with Gasteiger partial charge in [0, 0.05) is 7.11 Å². The molecule has 0 bridgehead atoms. The van der Waals surface area contributed by atoms with E-state index in [1.54, 1.807) is 13.8 Å². The van der Waals surface area contributed by atoms with Gasteiger partial charge in [0.25, 0.3) is 0 Å². The molecule has 3 nitrogen and oxygen atoms in total. The van der Waals surface area contributed by atoms with Crippen LogP contribution in [0.2, 0.25) is 0 Å². The molecule has 0 rings (SSSR count). The molecule has 0 spiro atoms. The average Bonchev–Trinajstić information content (AvgIpc) is 2.00. The van der Waals surface area contributed by atoms with Gasteiger partial charge in [-0.25, -0.2) is 4.79 Å². The van der Waals surface area contributed by atoms with Crippen LogP contribution in [0.25, 0.3) is 0 Å². The average molecular weight is 160 g/mol. The van der Waals surface area contributed by atoms with Gasteiger partial charge >= 0.3 is 5.97 Å². The molecule has 0 heterocycles. The quantitative estimate of drug-likeness (QED) is 0.582. The van der Waals surface area contributed by atoms with Gasteiger partial charge in [-0.05, 0) is 20.3 Å². The van der Waals surface area contributed by atoms with Crippen molar-refractivity contribution >= 4 is 5.97 Å². The lowest BCUT2D eigenvalue weighted by Gasteiger charge is -2.20. The topological polar surface area (TPSA) is 35.5 Å². The summed E-state index contributed by atoms with van der Waals surface area (Å²) in [4.78, 5) is 11.1. The SMILES string of the molecule is CCCOC(=O)C(C)(C)OC. The van der Waals surface area contributed by atoms with Gasteiger partial charge < -0.3 is 9.47 Å². The molecule has 0 fully saturated rings. The van der Waals surface area contributed by atoms with E-state index >= 15 is 0 Å². The first kappa shape index (κ1) is 10.4. The lowest BCUT2D eigenvalue weighted by atomic mass is 10.1. The summed E-state index contributed by atoms with van der Waals surface area (Å²) >= 11 is 0. The van der Waals surface area contributed by atoms with E-state index in [4.69, 9.17) is 9.47 Å². The van der Waals surface area contributed by atoms with Crippen molar-refractivity contribution in [2.24, 2.45) is 0 Å². The maximum absolute atomic E-state index is 11.1. The largest absolute Gasteiger partial charge is 0.464 e. The maximum Gasteiger partial charge on any atom is 0.337 e. The molecule has 0 saturated carbocycles. The van der Waals surface area contributed by atoms with Crippen molar-refractivity contribution < 1.29 is 14.3 Å². The smallest absolute Gasteiger partial charge is 0.337 e. The van der Waals surface area contributed by atoms with Crippen LogP contribution in [0.1, 0.15) is 27.2 Å². The van der Waals surface area contributed by atoms with Crippen LogP contribution < -0.4 is 0 Å². The Labute approximate surface area is 67.7 Å². The van der Waals surface area contributed by atoms with Crippen LogP contribution in [-0.2, 0) is 14.3 Å². The summed E-state index contributed by atoms with van der Waals surface area (Å²) in [6.45, 7) is 5.79. The normalized spacial score (nSPS) is 11.3. The number of methoxy groups -OCH3 is 1. The summed E-state index contributed by atoms with van der Waals surface area (Å²) in [5.74, 6) is -0.304. The molecule has 0 saturated heterocycles. The number of esters is 1. The molecule has 0 aromatic heterocycles. The number of hydrogen-bond acceptors (Lipinski definition) is 3. The lowest BCUT2D eigenvalue weighted by molar-refractivity contribution is -0.164. The first-order valence-electron chi connectivity index (χ1n) is 3.77. The molecule has 0 aliphatic rings. The van der Waals surface area contributed by atoms with E-state index in [0.29, 0.717) is 6.61 Å². The highest BCUT2D eigenvalue weighted by molar-refractivity contribution is 5.78. The van der Waals surface area contributed by atoms with Gasteiger partial charge in [0.1, 0.15) is 0 Å². The Morgan fingerprint density at radius 2 is 2.00 bits per heavy atom. The predicted octanol–water partition coefficient (Wildman–Crippen LogP) is 1.36. The number of carbonyl (C=O) groups excluding carboxylic acids is 1. The van der Waals surface area contributed by atoms with Gasteiger partial charge in [0.2, 0.25) is 0 Å². The number of hydrogen-bond donors (Lipinski definition) is 0. The van der Waals surface area contributed by atoms with Crippen molar-refractivity contribution in [2.45, 2.75) is 32.8 Å². The Hall–Kier alpha value is -0.570. The van der Waals surface area contributed by atoms with Crippen LogP contribution in [0, 0.1) is 0 Å². The molecule has 0 amide bonds. The fourth-order valence-corrected chi connectivity index (χ4v) is 0.452. The van der Waals surface area contributed by atoms with Crippen LogP contribution in [0.5, 0.6) is 0 Å². The van der Waals surface area contributed by atoms with Crippen LogP contribution in [0.4, 0.5) is 0 Å². The maximum atomic E-state index is 11.1. The monoisotopic (exact) mass is 160 g/mol. The molecule has 11 heavy (non-hydrogen) atoms. The molecule has 0 N–H and O–H groups in total. The molecule has 0 aromatic carbocycles. The van der Waals surface area contributed by atoms with E-state index in [1.807, 2.05) is 6.92 Å². The van der Waals surface area contributed by atoms with E-state index in [9.17, 15) is 4.79 Å². The summed E-state index contributed by atoms with van der Waals surface area (Å²) in [6, 6.07) is 0. The summed E-state index contributed by atoms with van der Waals surface area (Å²) in [5, 5.41) is 0. The minimum atomic E-state index is -0.810. The minimum absolute atomic E-state index is 0.304. The molecule has 3 heteroatoms. The lowest BCUT2D eigenvalue weighted by Crippen LogP contribution is -2.35. The molecule has 66 valence electrons. The van der Waals surface area contributed by atoms with Gasteiger partial charge in [-0.3, -0.25) is 0 Å². The fourth-order valence-electron chi connectivity index (χ4n) is 0.452. The van der Waals surface area contributed by atoms with Gasteiger partial charge in [-0.1, -0.05) is 6.92 Å². The van der Waals surface area contributed by atoms with E-state index in [1.165, 1.54) is 7.11 Å². The van der Waals surface area contributed by atoms with E-state index in [-0.39, 0.29) is 5.97 Å².